The first-order valence-corrected chi connectivity index (χ1v) is 7.89. The Kier molecular flexibility index (Phi) is 6.44. The summed E-state index contributed by atoms with van der Waals surface area (Å²) in [5.41, 5.74) is 2.95. The number of nitrogens with zero attached hydrogens (tertiary/aromatic N) is 2. The maximum Gasteiger partial charge on any atom is 0.113 e. The van der Waals surface area contributed by atoms with Gasteiger partial charge in [-0.25, -0.2) is 0 Å². The summed E-state index contributed by atoms with van der Waals surface area (Å²) in [6.45, 7) is 12.7. The third-order valence-corrected chi connectivity index (χ3v) is 4.00. The minimum atomic E-state index is 0.0605. The zero-order valence-corrected chi connectivity index (χ0v) is 13.9. The molecule has 1 saturated heterocycles. The van der Waals surface area contributed by atoms with Crippen molar-refractivity contribution in [3.8, 4) is 0 Å². The number of hydrogen-bond acceptors (Lipinski definition) is 4. The molecule has 124 valence electrons. The highest BCUT2D eigenvalue weighted by molar-refractivity contribution is 5.23. The van der Waals surface area contributed by atoms with Gasteiger partial charge in [-0.2, -0.15) is 0 Å². The Morgan fingerprint density at radius 2 is 1.70 bits per heavy atom. The molecule has 0 spiro atoms. The number of piperazine rings is 1. The first-order valence-electron chi connectivity index (χ1n) is 7.89. The molecular weight excluding hydrogens is 288 g/mol. The molecule has 0 aromatic heterocycles. The van der Waals surface area contributed by atoms with Crippen LogP contribution in [0.1, 0.15) is 11.1 Å². The van der Waals surface area contributed by atoms with Gasteiger partial charge in [-0.3, -0.25) is 0 Å². The lowest BCUT2D eigenvalue weighted by Gasteiger charge is -2.34. The molecule has 0 radical (unpaired) electrons. The van der Waals surface area contributed by atoms with Crippen LogP contribution < -0.4 is 0 Å². The Morgan fingerprint density at radius 3 is 2.30 bits per heavy atom. The zero-order chi connectivity index (χ0) is 16.7. The monoisotopic (exact) mass is 314 g/mol. The average molecular weight is 314 g/mol. The Balaban J connectivity index is 1.76. The summed E-state index contributed by atoms with van der Waals surface area (Å²) in [4.78, 5) is 4.59. The van der Waals surface area contributed by atoms with Crippen molar-refractivity contribution in [2.75, 3.05) is 33.2 Å². The van der Waals surface area contributed by atoms with Crippen molar-refractivity contribution >= 4 is 0 Å². The quantitative estimate of drug-likeness (QED) is 0.620. The van der Waals surface area contributed by atoms with E-state index in [0.717, 1.165) is 43.0 Å². The summed E-state index contributed by atoms with van der Waals surface area (Å²) < 4.78 is 5.64. The van der Waals surface area contributed by atoms with E-state index in [1.807, 2.05) is 36.4 Å². The topological polar surface area (TPSA) is 35.9 Å². The number of aliphatic hydroxyl groups excluding tert-OH is 1. The number of hydrogen-bond donors (Lipinski definition) is 1. The van der Waals surface area contributed by atoms with Crippen LogP contribution in [-0.4, -0.2) is 48.1 Å². The fraction of sp³-hybridized carbons (Fsp3) is 0.368. The van der Waals surface area contributed by atoms with Gasteiger partial charge >= 0.3 is 0 Å². The molecule has 0 amide bonds. The van der Waals surface area contributed by atoms with Crippen LogP contribution in [-0.2, 0) is 18.0 Å². The zero-order valence-electron chi connectivity index (χ0n) is 13.9. The molecule has 4 heteroatoms. The Hall–Kier alpha value is -2.04. The second-order valence-corrected chi connectivity index (χ2v) is 5.84. The summed E-state index contributed by atoms with van der Waals surface area (Å²) in [7, 11) is 2.14. The highest BCUT2D eigenvalue weighted by atomic mass is 16.5. The van der Waals surface area contributed by atoms with E-state index in [1.165, 1.54) is 0 Å². The second kappa shape index (κ2) is 8.56. The Labute approximate surface area is 139 Å². The van der Waals surface area contributed by atoms with Crippen LogP contribution in [0.2, 0.25) is 0 Å². The van der Waals surface area contributed by atoms with Crippen molar-refractivity contribution < 1.29 is 9.84 Å². The van der Waals surface area contributed by atoms with Crippen molar-refractivity contribution in [1.82, 2.24) is 9.80 Å². The van der Waals surface area contributed by atoms with E-state index in [4.69, 9.17) is 9.84 Å². The van der Waals surface area contributed by atoms with E-state index in [0.29, 0.717) is 12.4 Å². The molecule has 1 fully saturated rings. The third kappa shape index (κ3) is 5.58. The number of rotatable bonds is 7. The number of aliphatic hydroxyl groups is 1. The van der Waals surface area contributed by atoms with Crippen LogP contribution in [0.3, 0.4) is 0 Å². The van der Waals surface area contributed by atoms with Gasteiger partial charge in [0.15, 0.2) is 0 Å². The van der Waals surface area contributed by atoms with Gasteiger partial charge in [-0.1, -0.05) is 37.4 Å². The molecule has 0 aliphatic carbocycles. The SMILES string of the molecule is C=C(/C=C\C(=C)N1CCN(C)CC1)OCc1ccc(CO)cc1. The molecule has 0 bridgehead atoms. The van der Waals surface area contributed by atoms with Gasteiger partial charge in [0.05, 0.1) is 6.61 Å². The molecule has 0 saturated carbocycles. The van der Waals surface area contributed by atoms with Gasteiger partial charge in [0.1, 0.15) is 12.4 Å². The smallest absolute Gasteiger partial charge is 0.113 e. The molecule has 0 unspecified atom stereocenters. The minimum absolute atomic E-state index is 0.0605. The summed E-state index contributed by atoms with van der Waals surface area (Å²) in [5, 5.41) is 9.02. The molecule has 1 heterocycles. The third-order valence-electron chi connectivity index (χ3n) is 4.00. The summed E-state index contributed by atoms with van der Waals surface area (Å²) >= 11 is 0. The first kappa shape index (κ1) is 17.3. The second-order valence-electron chi connectivity index (χ2n) is 5.84. The van der Waals surface area contributed by atoms with Gasteiger partial charge < -0.3 is 19.6 Å². The summed E-state index contributed by atoms with van der Waals surface area (Å²) in [6.07, 6.45) is 3.82. The molecule has 0 atom stereocenters. The van der Waals surface area contributed by atoms with Crippen molar-refractivity contribution in [2.24, 2.45) is 0 Å². The lowest BCUT2D eigenvalue weighted by atomic mass is 10.1. The van der Waals surface area contributed by atoms with Crippen LogP contribution in [0.4, 0.5) is 0 Å². The lowest BCUT2D eigenvalue weighted by Crippen LogP contribution is -2.43. The molecule has 1 aliphatic heterocycles. The number of ether oxygens (including phenoxy) is 1. The van der Waals surface area contributed by atoms with E-state index >= 15 is 0 Å². The molecule has 1 aromatic carbocycles. The maximum atomic E-state index is 9.02. The van der Waals surface area contributed by atoms with Crippen LogP contribution >= 0.6 is 0 Å². The summed E-state index contributed by atoms with van der Waals surface area (Å²) in [6, 6.07) is 7.69. The molecule has 1 N–H and O–H groups in total. The first-order chi connectivity index (χ1) is 11.1. The highest BCUT2D eigenvalue weighted by Gasteiger charge is 2.13. The molecule has 23 heavy (non-hydrogen) atoms. The maximum absolute atomic E-state index is 9.02. The van der Waals surface area contributed by atoms with Gasteiger partial charge in [0, 0.05) is 31.9 Å². The fourth-order valence-corrected chi connectivity index (χ4v) is 2.35. The summed E-state index contributed by atoms with van der Waals surface area (Å²) in [5.74, 6) is 0.617. The van der Waals surface area contributed by atoms with E-state index in [9.17, 15) is 0 Å². The van der Waals surface area contributed by atoms with Crippen molar-refractivity contribution in [3.05, 3.63) is 72.2 Å². The van der Waals surface area contributed by atoms with E-state index < -0.39 is 0 Å². The van der Waals surface area contributed by atoms with Gasteiger partial charge in [-0.15, -0.1) is 0 Å². The molecule has 1 aliphatic rings. The molecule has 4 nitrogen and oxygen atoms in total. The molecular formula is C19H26N2O2. The predicted octanol–water partition coefficient (Wildman–Crippen LogP) is 2.53. The van der Waals surface area contributed by atoms with Gasteiger partial charge in [-0.05, 0) is 30.3 Å². The Morgan fingerprint density at radius 1 is 1.09 bits per heavy atom. The van der Waals surface area contributed by atoms with Crippen LogP contribution in [0.15, 0.2) is 61.0 Å². The van der Waals surface area contributed by atoms with Gasteiger partial charge in [0.2, 0.25) is 0 Å². The van der Waals surface area contributed by atoms with E-state index in [-0.39, 0.29) is 6.61 Å². The van der Waals surface area contributed by atoms with Crippen LogP contribution in [0.5, 0.6) is 0 Å². The Bertz CT molecular complexity index is 555. The van der Waals surface area contributed by atoms with E-state index in [2.05, 4.69) is 30.0 Å². The van der Waals surface area contributed by atoms with Crippen molar-refractivity contribution in [3.63, 3.8) is 0 Å². The minimum Gasteiger partial charge on any atom is -0.490 e. The number of allylic oxidation sites excluding steroid dienone is 2. The average Bonchev–Trinajstić information content (AvgIpc) is 2.59. The fourth-order valence-electron chi connectivity index (χ4n) is 2.35. The molecule has 1 aromatic rings. The van der Waals surface area contributed by atoms with Crippen molar-refractivity contribution in [1.29, 1.82) is 0 Å². The highest BCUT2D eigenvalue weighted by Crippen LogP contribution is 2.11. The predicted molar refractivity (Wildman–Crippen MR) is 93.6 cm³/mol. The standard InChI is InChI=1S/C19H26N2O2/c1-16(21-12-10-20(3)11-13-21)4-5-17(2)23-15-19-8-6-18(14-22)7-9-19/h4-9,22H,1-2,10-15H2,3H3/b5-4-. The largest absolute Gasteiger partial charge is 0.490 e. The van der Waals surface area contributed by atoms with Crippen LogP contribution in [0, 0.1) is 0 Å². The normalized spacial score (nSPS) is 15.8. The van der Waals surface area contributed by atoms with Crippen molar-refractivity contribution in [2.45, 2.75) is 13.2 Å². The van der Waals surface area contributed by atoms with E-state index in [1.54, 1.807) is 0 Å². The van der Waals surface area contributed by atoms with Crippen LogP contribution in [0.25, 0.3) is 0 Å². The lowest BCUT2D eigenvalue weighted by molar-refractivity contribution is 0.190. The number of benzene rings is 1. The van der Waals surface area contributed by atoms with Gasteiger partial charge in [0.25, 0.3) is 0 Å². The molecule has 2 rings (SSSR count). The number of likely N-dealkylation sites (N-methyl/N-ethyl adjacent to an activating group) is 1.